The second kappa shape index (κ2) is 12.8. The number of nitrogens with zero attached hydrogens (tertiary/aromatic N) is 3. The molecule has 0 radical (unpaired) electrons. The number of thioether (sulfide) groups is 1. The molecule has 0 spiro atoms. The summed E-state index contributed by atoms with van der Waals surface area (Å²) < 4.78 is 7.69. The number of aromatic nitrogens is 3. The Labute approximate surface area is 221 Å². The molecule has 3 rings (SSSR count). The highest BCUT2D eigenvalue weighted by Gasteiger charge is 2.15. The Morgan fingerprint density at radius 3 is 2.58 bits per heavy atom. The zero-order chi connectivity index (χ0) is 26.2. The molecule has 2 N–H and O–H groups in total. The van der Waals surface area contributed by atoms with Crippen molar-refractivity contribution in [1.82, 2.24) is 20.1 Å². The van der Waals surface area contributed by atoms with Gasteiger partial charge in [0.25, 0.3) is 5.91 Å². The minimum absolute atomic E-state index is 0.0880. The van der Waals surface area contributed by atoms with Gasteiger partial charge in [0, 0.05) is 17.3 Å². The number of amides is 2. The van der Waals surface area contributed by atoms with Gasteiger partial charge in [0.05, 0.1) is 12.3 Å². The second-order valence-corrected chi connectivity index (χ2v) is 10.1. The molecule has 0 saturated carbocycles. The van der Waals surface area contributed by atoms with Gasteiger partial charge in [0.1, 0.15) is 5.75 Å². The highest BCUT2D eigenvalue weighted by atomic mass is 35.5. The zero-order valence-corrected chi connectivity index (χ0v) is 22.8. The molecular weight excluding hydrogens is 498 g/mol. The van der Waals surface area contributed by atoms with E-state index in [1.54, 1.807) is 18.2 Å². The normalized spacial score (nSPS) is 11.0. The molecule has 3 aromatic rings. The van der Waals surface area contributed by atoms with E-state index in [-0.39, 0.29) is 30.7 Å². The standard InChI is InChI=1S/C26H32ClN5O3S/c1-6-32-23(13-28-24(33)14-35-22-11-17(4)7-9-20(22)16(2)3)30-31-26(32)36-15-25(34)29-21-10-8-19(27)12-18(21)5/h7-12,16H,6,13-15H2,1-5H3,(H,28,33)(H,29,34). The number of halogens is 1. The van der Waals surface area contributed by atoms with Crippen molar-refractivity contribution in [3.05, 3.63) is 63.9 Å². The summed E-state index contributed by atoms with van der Waals surface area (Å²) in [5, 5.41) is 15.4. The van der Waals surface area contributed by atoms with Crippen LogP contribution >= 0.6 is 23.4 Å². The summed E-state index contributed by atoms with van der Waals surface area (Å²) in [7, 11) is 0. The largest absolute Gasteiger partial charge is 0.483 e. The first-order chi connectivity index (χ1) is 17.2. The molecule has 1 aromatic heterocycles. The van der Waals surface area contributed by atoms with E-state index in [1.165, 1.54) is 11.8 Å². The van der Waals surface area contributed by atoms with Crippen LogP contribution in [0.4, 0.5) is 5.69 Å². The van der Waals surface area contributed by atoms with E-state index in [4.69, 9.17) is 16.3 Å². The molecule has 2 amide bonds. The van der Waals surface area contributed by atoms with Gasteiger partial charge >= 0.3 is 0 Å². The molecule has 0 unspecified atom stereocenters. The van der Waals surface area contributed by atoms with Crippen molar-refractivity contribution in [3.8, 4) is 5.75 Å². The molecule has 0 fully saturated rings. The number of benzene rings is 2. The van der Waals surface area contributed by atoms with Crippen LogP contribution in [0.1, 0.15) is 49.2 Å². The van der Waals surface area contributed by atoms with E-state index in [2.05, 4.69) is 34.7 Å². The fourth-order valence-electron chi connectivity index (χ4n) is 3.57. The predicted molar refractivity (Wildman–Crippen MR) is 144 cm³/mol. The van der Waals surface area contributed by atoms with Gasteiger partial charge in [-0.2, -0.15) is 0 Å². The van der Waals surface area contributed by atoms with Crippen molar-refractivity contribution < 1.29 is 14.3 Å². The number of anilines is 1. The van der Waals surface area contributed by atoms with Crippen LogP contribution in [-0.4, -0.2) is 38.9 Å². The van der Waals surface area contributed by atoms with Crippen LogP contribution in [0.2, 0.25) is 5.02 Å². The second-order valence-electron chi connectivity index (χ2n) is 8.70. The summed E-state index contributed by atoms with van der Waals surface area (Å²) in [6.07, 6.45) is 0. The van der Waals surface area contributed by atoms with Crippen LogP contribution in [0.5, 0.6) is 5.75 Å². The van der Waals surface area contributed by atoms with E-state index >= 15 is 0 Å². The molecule has 10 heteroatoms. The van der Waals surface area contributed by atoms with Crippen LogP contribution in [0, 0.1) is 13.8 Å². The summed E-state index contributed by atoms with van der Waals surface area (Å²) in [5.41, 5.74) is 3.75. The maximum atomic E-state index is 12.4. The van der Waals surface area contributed by atoms with Gasteiger partial charge in [0.15, 0.2) is 17.6 Å². The monoisotopic (exact) mass is 529 g/mol. The molecule has 0 saturated heterocycles. The zero-order valence-electron chi connectivity index (χ0n) is 21.2. The number of hydrogen-bond acceptors (Lipinski definition) is 6. The number of rotatable bonds is 11. The topological polar surface area (TPSA) is 98.1 Å². The number of carbonyl (C=O) groups excluding carboxylic acids is 2. The highest BCUT2D eigenvalue weighted by molar-refractivity contribution is 7.99. The van der Waals surface area contributed by atoms with Crippen molar-refractivity contribution in [2.45, 2.75) is 58.8 Å². The summed E-state index contributed by atoms with van der Waals surface area (Å²) in [4.78, 5) is 24.9. The molecule has 0 bridgehead atoms. The van der Waals surface area contributed by atoms with E-state index in [9.17, 15) is 9.59 Å². The summed E-state index contributed by atoms with van der Waals surface area (Å²) in [6.45, 7) is 10.8. The van der Waals surface area contributed by atoms with E-state index in [0.29, 0.717) is 28.5 Å². The van der Waals surface area contributed by atoms with E-state index < -0.39 is 0 Å². The highest BCUT2D eigenvalue weighted by Crippen LogP contribution is 2.27. The third kappa shape index (κ3) is 7.48. The lowest BCUT2D eigenvalue weighted by Crippen LogP contribution is -2.29. The summed E-state index contributed by atoms with van der Waals surface area (Å²) >= 11 is 7.27. The average molecular weight is 530 g/mol. The molecule has 0 aliphatic rings. The van der Waals surface area contributed by atoms with Crippen molar-refractivity contribution in [3.63, 3.8) is 0 Å². The average Bonchev–Trinajstić information content (AvgIpc) is 3.23. The van der Waals surface area contributed by atoms with Gasteiger partial charge in [-0.3, -0.25) is 9.59 Å². The molecule has 0 aliphatic heterocycles. The number of nitrogens with one attached hydrogen (secondary N) is 2. The Morgan fingerprint density at radius 1 is 1.11 bits per heavy atom. The Kier molecular flexibility index (Phi) is 9.78. The maximum absolute atomic E-state index is 12.4. The van der Waals surface area contributed by atoms with Crippen molar-refractivity contribution >= 4 is 40.9 Å². The Hall–Kier alpha value is -3.04. The quantitative estimate of drug-likeness (QED) is 0.335. The number of ether oxygens (including phenoxy) is 1. The smallest absolute Gasteiger partial charge is 0.258 e. The fraction of sp³-hybridized carbons (Fsp3) is 0.385. The fourth-order valence-corrected chi connectivity index (χ4v) is 4.62. The first-order valence-corrected chi connectivity index (χ1v) is 13.1. The van der Waals surface area contributed by atoms with Crippen molar-refractivity contribution in [1.29, 1.82) is 0 Å². The predicted octanol–water partition coefficient (Wildman–Crippen LogP) is 5.12. The van der Waals surface area contributed by atoms with Gasteiger partial charge in [-0.25, -0.2) is 0 Å². The number of hydrogen-bond donors (Lipinski definition) is 2. The molecule has 36 heavy (non-hydrogen) atoms. The molecule has 2 aromatic carbocycles. The maximum Gasteiger partial charge on any atom is 0.258 e. The van der Waals surface area contributed by atoms with Crippen LogP contribution < -0.4 is 15.4 Å². The van der Waals surface area contributed by atoms with Crippen LogP contribution in [0.3, 0.4) is 0 Å². The lowest BCUT2D eigenvalue weighted by Gasteiger charge is -2.15. The van der Waals surface area contributed by atoms with Crippen LogP contribution in [0.15, 0.2) is 41.6 Å². The first-order valence-electron chi connectivity index (χ1n) is 11.8. The van der Waals surface area contributed by atoms with Gasteiger partial charge in [0.2, 0.25) is 5.91 Å². The number of carbonyl (C=O) groups is 2. The van der Waals surface area contributed by atoms with Crippen molar-refractivity contribution in [2.75, 3.05) is 17.7 Å². The molecular formula is C26H32ClN5O3S. The van der Waals surface area contributed by atoms with Crippen molar-refractivity contribution in [2.24, 2.45) is 0 Å². The summed E-state index contributed by atoms with van der Waals surface area (Å²) in [6, 6.07) is 11.3. The minimum atomic E-state index is -0.246. The first kappa shape index (κ1) is 27.5. The van der Waals surface area contributed by atoms with Gasteiger partial charge in [-0.1, -0.05) is 49.3 Å². The Bertz CT molecular complexity index is 1230. The molecule has 8 nitrogen and oxygen atoms in total. The molecule has 1 heterocycles. The Balaban J connectivity index is 1.52. The Morgan fingerprint density at radius 2 is 1.89 bits per heavy atom. The van der Waals surface area contributed by atoms with Gasteiger partial charge in [-0.15, -0.1) is 10.2 Å². The van der Waals surface area contributed by atoms with E-state index in [0.717, 1.165) is 28.1 Å². The third-order valence-corrected chi connectivity index (χ3v) is 6.70. The SMILES string of the molecule is CCn1c(CNC(=O)COc2cc(C)ccc2C(C)C)nnc1SCC(=O)Nc1ccc(Cl)cc1C. The lowest BCUT2D eigenvalue weighted by molar-refractivity contribution is -0.123. The van der Waals surface area contributed by atoms with Crippen LogP contribution in [0.25, 0.3) is 0 Å². The van der Waals surface area contributed by atoms with E-state index in [1.807, 2.05) is 43.5 Å². The van der Waals surface area contributed by atoms with Crippen LogP contribution in [-0.2, 0) is 22.7 Å². The number of aryl methyl sites for hydroxylation is 2. The molecule has 0 atom stereocenters. The van der Waals surface area contributed by atoms with Gasteiger partial charge < -0.3 is 19.9 Å². The lowest BCUT2D eigenvalue weighted by atomic mass is 10.0. The summed E-state index contributed by atoms with van der Waals surface area (Å²) in [5.74, 6) is 1.40. The third-order valence-electron chi connectivity index (χ3n) is 5.50. The molecule has 0 aliphatic carbocycles. The molecule has 192 valence electrons. The minimum Gasteiger partial charge on any atom is -0.483 e. The van der Waals surface area contributed by atoms with Gasteiger partial charge in [-0.05, 0) is 67.6 Å².